The molecule has 1 aromatic heterocycles. The molecule has 0 amide bonds. The average Bonchev–Trinajstić information content (AvgIpc) is 2.83. The molecular weight excluding hydrogens is 438 g/mol. The molecule has 0 N–H and O–H groups in total. The van der Waals surface area contributed by atoms with Gasteiger partial charge in [0.2, 0.25) is 12.2 Å². The van der Waals surface area contributed by atoms with Crippen molar-refractivity contribution in [3.63, 3.8) is 0 Å². The topological polar surface area (TPSA) is 128 Å². The van der Waals surface area contributed by atoms with Crippen molar-refractivity contribution in [1.29, 1.82) is 0 Å². The van der Waals surface area contributed by atoms with Gasteiger partial charge in [0.15, 0.2) is 0 Å². The molecule has 0 radical (unpaired) electrons. The summed E-state index contributed by atoms with van der Waals surface area (Å²) >= 11 is 0. The Morgan fingerprint density at radius 3 is 1.74 bits per heavy atom. The molecule has 0 atom stereocenters. The molecule has 0 aromatic carbocycles. The van der Waals surface area contributed by atoms with Crippen LogP contribution >= 0.6 is 0 Å². The first-order chi connectivity index (χ1) is 16.7. The summed E-state index contributed by atoms with van der Waals surface area (Å²) in [5.41, 5.74) is -0.295. The smallest absolute Gasteiger partial charge is 0.375 e. The number of nitrogens with zero attached hydrogens (tertiary/aromatic N) is 5. The lowest BCUT2D eigenvalue weighted by atomic mass is 10.2. The third kappa shape index (κ3) is 12.4. The number of carbonyl (C=O) groups excluding carboxylic acids is 2. The molecule has 0 saturated heterocycles. The lowest BCUT2D eigenvalue weighted by Gasteiger charge is -2.10. The Kier molecular flexibility index (Phi) is 16.9. The average molecular weight is 478 g/mol. The van der Waals surface area contributed by atoms with E-state index in [-0.39, 0.29) is 12.2 Å². The Bertz CT molecular complexity index is 965. The molecule has 1 heterocycles. The van der Waals surface area contributed by atoms with E-state index in [0.717, 1.165) is 68.8 Å². The summed E-state index contributed by atoms with van der Waals surface area (Å²) in [6, 6.07) is 0. The van der Waals surface area contributed by atoms with E-state index < -0.39 is 11.4 Å². The zero-order valence-electron chi connectivity index (χ0n) is 20.5. The molecular formula is C24H39N5O5. The first-order valence-electron chi connectivity index (χ1n) is 12.6. The van der Waals surface area contributed by atoms with Crippen molar-refractivity contribution >= 4 is 12.2 Å². The molecule has 0 aliphatic heterocycles. The van der Waals surface area contributed by atoms with E-state index in [4.69, 9.17) is 4.42 Å². The van der Waals surface area contributed by atoms with Crippen LogP contribution in [-0.2, 0) is 22.7 Å². The van der Waals surface area contributed by atoms with Gasteiger partial charge in [-0.05, 0) is 32.1 Å². The number of aliphatic imine (C=N–C) groups is 2. The lowest BCUT2D eigenvalue weighted by Crippen LogP contribution is -2.47. The van der Waals surface area contributed by atoms with Gasteiger partial charge in [0.1, 0.15) is 0 Å². The third-order valence-corrected chi connectivity index (χ3v) is 5.53. The minimum absolute atomic E-state index is 0.0963. The van der Waals surface area contributed by atoms with E-state index in [9.17, 15) is 19.2 Å². The summed E-state index contributed by atoms with van der Waals surface area (Å²) in [7, 11) is 0. The molecule has 0 unspecified atom stereocenters. The van der Waals surface area contributed by atoms with Gasteiger partial charge in [-0.2, -0.15) is 0 Å². The Morgan fingerprint density at radius 2 is 1.18 bits per heavy atom. The first-order valence-corrected chi connectivity index (χ1v) is 12.6. The normalized spacial score (nSPS) is 11.3. The van der Waals surface area contributed by atoms with Gasteiger partial charge in [0, 0.05) is 19.6 Å². The van der Waals surface area contributed by atoms with Gasteiger partial charge in [-0.15, -0.1) is 0 Å². The molecule has 10 nitrogen and oxygen atoms in total. The maximum absolute atomic E-state index is 13.1. The predicted octanol–water partition coefficient (Wildman–Crippen LogP) is 3.27. The van der Waals surface area contributed by atoms with Gasteiger partial charge in [-0.3, -0.25) is 0 Å². The molecule has 1 rings (SSSR count). The van der Waals surface area contributed by atoms with Gasteiger partial charge in [-0.1, -0.05) is 58.3 Å². The molecule has 0 bridgehead atoms. The second-order valence-corrected chi connectivity index (χ2v) is 8.31. The minimum Gasteiger partial charge on any atom is -0.375 e. The van der Waals surface area contributed by atoms with Crippen LogP contribution in [0.2, 0.25) is 0 Å². The van der Waals surface area contributed by atoms with Crippen LogP contribution in [0.1, 0.15) is 90.4 Å². The number of hydrogen-bond acceptors (Lipinski definition) is 8. The van der Waals surface area contributed by atoms with E-state index >= 15 is 0 Å². The first kappa shape index (κ1) is 29.2. The maximum atomic E-state index is 13.1. The van der Waals surface area contributed by atoms with Gasteiger partial charge < -0.3 is 4.42 Å². The second-order valence-electron chi connectivity index (χ2n) is 8.31. The van der Waals surface area contributed by atoms with Crippen LogP contribution in [0.4, 0.5) is 0 Å². The number of unbranched alkanes of at least 4 members (excludes halogenated alkanes) is 10. The third-order valence-electron chi connectivity index (χ3n) is 5.53. The predicted molar refractivity (Wildman–Crippen MR) is 129 cm³/mol. The summed E-state index contributed by atoms with van der Waals surface area (Å²) in [6.07, 6.45) is 14.8. The highest BCUT2D eigenvalue weighted by atomic mass is 16.4. The summed E-state index contributed by atoms with van der Waals surface area (Å²) < 4.78 is 8.07. The van der Waals surface area contributed by atoms with Gasteiger partial charge in [0.05, 0.1) is 13.1 Å². The van der Waals surface area contributed by atoms with E-state index in [0.29, 0.717) is 32.6 Å². The van der Waals surface area contributed by atoms with Crippen molar-refractivity contribution in [1.82, 2.24) is 9.13 Å². The molecule has 0 spiro atoms. The van der Waals surface area contributed by atoms with E-state index in [1.165, 1.54) is 29.6 Å². The van der Waals surface area contributed by atoms with Crippen LogP contribution < -0.4 is 17.1 Å². The molecule has 0 fully saturated rings. The van der Waals surface area contributed by atoms with Crippen LogP contribution in [0, 0.1) is 0 Å². The summed E-state index contributed by atoms with van der Waals surface area (Å²) in [4.78, 5) is 57.3. The van der Waals surface area contributed by atoms with Gasteiger partial charge in [-0.25, -0.2) is 43.3 Å². The molecule has 34 heavy (non-hydrogen) atoms. The monoisotopic (exact) mass is 477 g/mol. The molecule has 1 aromatic rings. The fraction of sp³-hybridized carbons (Fsp3) is 0.792. The quantitative estimate of drug-likeness (QED) is 0.162. The number of hydrogen-bond donors (Lipinski definition) is 0. The van der Waals surface area contributed by atoms with Gasteiger partial charge >= 0.3 is 17.1 Å². The number of rotatable bonds is 20. The Balaban J connectivity index is 2.83. The van der Waals surface area contributed by atoms with Crippen molar-refractivity contribution in [3.05, 3.63) is 26.7 Å². The van der Waals surface area contributed by atoms with Crippen molar-refractivity contribution in [3.8, 4) is 0 Å². The van der Waals surface area contributed by atoms with Crippen molar-refractivity contribution in [2.24, 2.45) is 15.0 Å². The Hall–Kier alpha value is -2.83. The summed E-state index contributed by atoms with van der Waals surface area (Å²) in [6.45, 7) is 4.28. The Labute approximate surface area is 200 Å². The maximum Gasteiger partial charge on any atom is 0.425 e. The molecule has 0 saturated carbocycles. The number of aromatic nitrogens is 2. The second kappa shape index (κ2) is 19.6. The van der Waals surface area contributed by atoms with Crippen LogP contribution in [0.15, 0.2) is 29.0 Å². The van der Waals surface area contributed by atoms with E-state index in [1.807, 2.05) is 0 Å². The fourth-order valence-corrected chi connectivity index (χ4v) is 3.60. The van der Waals surface area contributed by atoms with Crippen molar-refractivity contribution in [2.45, 2.75) is 103 Å². The summed E-state index contributed by atoms with van der Waals surface area (Å²) in [5.74, 6) is -0.678. The number of isocyanates is 2. The highest BCUT2D eigenvalue weighted by Crippen LogP contribution is 2.03. The molecule has 10 heteroatoms. The SMILES string of the molecule is CCCCCCCN=c1oc(=O)n(CCCCCCN=C=O)c(=O)n1CCCCCCN=C=O. The zero-order chi connectivity index (χ0) is 24.9. The minimum atomic E-state index is -0.678. The standard InChI is InChI=1S/C24H39N5O5/c1-2-3-4-5-12-17-27-22-28(18-13-8-6-10-15-25-20-30)23(32)29(24(33)34-22)19-14-9-7-11-16-26-21-31/h2-19H2,1H3. The van der Waals surface area contributed by atoms with Crippen LogP contribution in [0.25, 0.3) is 0 Å². The zero-order valence-corrected chi connectivity index (χ0v) is 20.5. The summed E-state index contributed by atoms with van der Waals surface area (Å²) in [5, 5.41) is 0. The molecule has 190 valence electrons. The van der Waals surface area contributed by atoms with Crippen LogP contribution in [-0.4, -0.2) is 40.9 Å². The lowest BCUT2D eigenvalue weighted by molar-refractivity contribution is 0.300. The Morgan fingerprint density at radius 1 is 0.676 bits per heavy atom. The highest BCUT2D eigenvalue weighted by molar-refractivity contribution is 5.32. The van der Waals surface area contributed by atoms with Crippen molar-refractivity contribution < 1.29 is 14.0 Å². The van der Waals surface area contributed by atoms with E-state index in [1.54, 1.807) is 0 Å². The van der Waals surface area contributed by atoms with Gasteiger partial charge in [0.25, 0.3) is 0 Å². The van der Waals surface area contributed by atoms with Crippen LogP contribution in [0.3, 0.4) is 0 Å². The molecule has 0 aliphatic carbocycles. The fourth-order valence-electron chi connectivity index (χ4n) is 3.60. The largest absolute Gasteiger partial charge is 0.425 e. The molecule has 0 aliphatic rings. The van der Waals surface area contributed by atoms with Crippen LogP contribution in [0.5, 0.6) is 0 Å². The van der Waals surface area contributed by atoms with E-state index in [2.05, 4.69) is 21.9 Å². The highest BCUT2D eigenvalue weighted by Gasteiger charge is 2.10. The van der Waals surface area contributed by atoms with Crippen molar-refractivity contribution in [2.75, 3.05) is 19.6 Å².